The lowest BCUT2D eigenvalue weighted by atomic mass is 9.90. The summed E-state index contributed by atoms with van der Waals surface area (Å²) in [5.74, 6) is -0.407. The third kappa shape index (κ3) is 3.91. The van der Waals surface area contributed by atoms with Crippen LogP contribution in [0.15, 0.2) is 22.7 Å². The van der Waals surface area contributed by atoms with Crippen molar-refractivity contribution in [2.75, 3.05) is 11.9 Å². The lowest BCUT2D eigenvalue weighted by Crippen LogP contribution is -2.54. The fourth-order valence-electron chi connectivity index (χ4n) is 2.09. The number of rotatable bonds is 2. The van der Waals surface area contributed by atoms with Crippen molar-refractivity contribution in [3.63, 3.8) is 0 Å². The molecule has 0 spiro atoms. The Morgan fingerprint density at radius 1 is 1.47 bits per heavy atom. The van der Waals surface area contributed by atoms with Crippen LogP contribution in [0.5, 0.6) is 0 Å². The molecule has 1 atom stereocenters. The number of carbonyl (C=O) groups excluding carboxylic acids is 1. The number of nitrogens with one attached hydrogen (secondary N) is 2. The first-order valence-corrected chi connectivity index (χ1v) is 6.82. The maximum absolute atomic E-state index is 13.1. The molecule has 1 heterocycles. The molecule has 106 valence electrons. The van der Waals surface area contributed by atoms with Crippen LogP contribution >= 0.6 is 28.3 Å². The Morgan fingerprint density at radius 3 is 2.79 bits per heavy atom. The van der Waals surface area contributed by atoms with Gasteiger partial charge in [0, 0.05) is 5.69 Å². The summed E-state index contributed by atoms with van der Waals surface area (Å²) in [6, 6.07) is 4.46. The number of carbonyl (C=O) groups is 1. The van der Waals surface area contributed by atoms with Gasteiger partial charge in [-0.3, -0.25) is 4.79 Å². The van der Waals surface area contributed by atoms with E-state index in [9.17, 15) is 9.18 Å². The highest BCUT2D eigenvalue weighted by molar-refractivity contribution is 9.10. The maximum atomic E-state index is 13.1. The monoisotopic (exact) mass is 350 g/mol. The SMILES string of the molecule is CC1(C(=O)Nc2ccc(F)c(Br)c2)CCCCN1.Cl. The highest BCUT2D eigenvalue weighted by Crippen LogP contribution is 2.23. The van der Waals surface area contributed by atoms with Gasteiger partial charge in [0.2, 0.25) is 5.91 Å². The zero-order valence-electron chi connectivity index (χ0n) is 10.6. The van der Waals surface area contributed by atoms with Gasteiger partial charge in [-0.1, -0.05) is 0 Å². The third-order valence-corrected chi connectivity index (χ3v) is 3.91. The summed E-state index contributed by atoms with van der Waals surface area (Å²) < 4.78 is 13.4. The molecule has 1 aromatic carbocycles. The van der Waals surface area contributed by atoms with Crippen molar-refractivity contribution >= 4 is 39.9 Å². The molecule has 0 saturated carbocycles. The molecular weight excluding hydrogens is 335 g/mol. The fraction of sp³-hybridized carbons (Fsp3) is 0.462. The number of piperidine rings is 1. The average molecular weight is 352 g/mol. The number of benzene rings is 1. The van der Waals surface area contributed by atoms with Crippen LogP contribution in [0.3, 0.4) is 0 Å². The van der Waals surface area contributed by atoms with E-state index in [1.165, 1.54) is 6.07 Å². The van der Waals surface area contributed by atoms with Crippen LogP contribution in [0.25, 0.3) is 0 Å². The van der Waals surface area contributed by atoms with E-state index in [2.05, 4.69) is 26.6 Å². The normalized spacial score (nSPS) is 22.5. The Morgan fingerprint density at radius 2 is 2.21 bits per heavy atom. The molecule has 0 bridgehead atoms. The predicted octanol–water partition coefficient (Wildman–Crippen LogP) is 3.48. The van der Waals surface area contributed by atoms with Crippen LogP contribution in [-0.2, 0) is 4.79 Å². The van der Waals surface area contributed by atoms with E-state index in [-0.39, 0.29) is 24.1 Å². The maximum Gasteiger partial charge on any atom is 0.244 e. The van der Waals surface area contributed by atoms with Gasteiger partial charge in [-0.15, -0.1) is 12.4 Å². The van der Waals surface area contributed by atoms with Crippen LogP contribution in [0.2, 0.25) is 0 Å². The third-order valence-electron chi connectivity index (χ3n) is 3.30. The number of hydrogen-bond acceptors (Lipinski definition) is 2. The van der Waals surface area contributed by atoms with Gasteiger partial charge in [0.05, 0.1) is 10.0 Å². The Balaban J connectivity index is 0.00000180. The van der Waals surface area contributed by atoms with E-state index in [1.54, 1.807) is 12.1 Å². The largest absolute Gasteiger partial charge is 0.324 e. The Labute approximate surface area is 126 Å². The van der Waals surface area contributed by atoms with Crippen LogP contribution in [0.4, 0.5) is 10.1 Å². The van der Waals surface area contributed by atoms with Gasteiger partial charge in [0.15, 0.2) is 0 Å². The first-order chi connectivity index (χ1) is 8.51. The molecular formula is C13H17BrClFN2O. The summed E-state index contributed by atoms with van der Waals surface area (Å²) in [5.41, 5.74) is 0.0703. The van der Waals surface area contributed by atoms with Gasteiger partial charge in [0.1, 0.15) is 5.82 Å². The van der Waals surface area contributed by atoms with Crippen molar-refractivity contribution in [2.45, 2.75) is 31.7 Å². The smallest absolute Gasteiger partial charge is 0.244 e. The number of amides is 1. The second-order valence-corrected chi connectivity index (χ2v) is 5.65. The minimum absolute atomic E-state index is 0. The molecule has 0 aliphatic carbocycles. The van der Waals surface area contributed by atoms with Crippen LogP contribution in [0.1, 0.15) is 26.2 Å². The molecule has 0 aromatic heterocycles. The van der Waals surface area contributed by atoms with Gasteiger partial charge in [-0.05, 0) is 66.9 Å². The Kier molecular flexibility index (Phi) is 5.77. The summed E-state index contributed by atoms with van der Waals surface area (Å²) in [4.78, 5) is 12.2. The van der Waals surface area contributed by atoms with Crippen molar-refractivity contribution < 1.29 is 9.18 Å². The topological polar surface area (TPSA) is 41.1 Å². The first-order valence-electron chi connectivity index (χ1n) is 6.03. The summed E-state index contributed by atoms with van der Waals surface area (Å²) in [7, 11) is 0. The minimum atomic E-state index is -0.529. The van der Waals surface area contributed by atoms with Gasteiger partial charge >= 0.3 is 0 Å². The summed E-state index contributed by atoms with van der Waals surface area (Å²) in [6.45, 7) is 2.76. The lowest BCUT2D eigenvalue weighted by Gasteiger charge is -2.33. The van der Waals surface area contributed by atoms with Crippen molar-refractivity contribution in [3.8, 4) is 0 Å². The van der Waals surface area contributed by atoms with Gasteiger partial charge in [0.25, 0.3) is 0 Å². The van der Waals surface area contributed by atoms with Crippen molar-refractivity contribution in [3.05, 3.63) is 28.5 Å². The summed E-state index contributed by atoms with van der Waals surface area (Å²) in [6.07, 6.45) is 2.97. The molecule has 6 heteroatoms. The van der Waals surface area contributed by atoms with Gasteiger partial charge < -0.3 is 10.6 Å². The molecule has 1 aliphatic heterocycles. The van der Waals surface area contributed by atoms with Crippen molar-refractivity contribution in [1.29, 1.82) is 0 Å². The second kappa shape index (κ2) is 6.68. The highest BCUT2D eigenvalue weighted by Gasteiger charge is 2.34. The molecule has 1 fully saturated rings. The van der Waals surface area contributed by atoms with Crippen molar-refractivity contribution in [2.24, 2.45) is 0 Å². The molecule has 2 N–H and O–H groups in total. The molecule has 0 radical (unpaired) electrons. The highest BCUT2D eigenvalue weighted by atomic mass is 79.9. The van der Waals surface area contributed by atoms with E-state index in [0.717, 1.165) is 25.8 Å². The van der Waals surface area contributed by atoms with Crippen molar-refractivity contribution in [1.82, 2.24) is 5.32 Å². The lowest BCUT2D eigenvalue weighted by molar-refractivity contribution is -0.122. The Hall–Kier alpha value is -0.650. The summed E-state index contributed by atoms with van der Waals surface area (Å²) >= 11 is 3.10. The van der Waals surface area contributed by atoms with Crippen LogP contribution in [0, 0.1) is 5.82 Å². The fourth-order valence-corrected chi connectivity index (χ4v) is 2.47. The number of hydrogen-bond donors (Lipinski definition) is 2. The Bertz CT molecular complexity index is 464. The number of anilines is 1. The molecule has 1 amide bonds. The average Bonchev–Trinajstić information content (AvgIpc) is 2.35. The molecule has 1 saturated heterocycles. The van der Waals surface area contributed by atoms with Crippen LogP contribution in [-0.4, -0.2) is 18.0 Å². The molecule has 1 aliphatic rings. The molecule has 19 heavy (non-hydrogen) atoms. The van der Waals surface area contributed by atoms with E-state index in [4.69, 9.17) is 0 Å². The first kappa shape index (κ1) is 16.4. The minimum Gasteiger partial charge on any atom is -0.324 e. The predicted molar refractivity (Wildman–Crippen MR) is 80.2 cm³/mol. The van der Waals surface area contributed by atoms with E-state index in [0.29, 0.717) is 10.2 Å². The quantitative estimate of drug-likeness (QED) is 0.856. The standard InChI is InChI=1S/C13H16BrFN2O.ClH/c1-13(6-2-3-7-16-13)12(18)17-9-4-5-11(15)10(14)8-9;/h4-5,8,16H,2-3,6-7H2,1H3,(H,17,18);1H. The van der Waals surface area contributed by atoms with Crippen LogP contribution < -0.4 is 10.6 Å². The van der Waals surface area contributed by atoms with E-state index in [1.807, 2.05) is 6.92 Å². The zero-order valence-corrected chi connectivity index (χ0v) is 13.0. The molecule has 2 rings (SSSR count). The van der Waals surface area contributed by atoms with Gasteiger partial charge in [-0.2, -0.15) is 0 Å². The van der Waals surface area contributed by atoms with Gasteiger partial charge in [-0.25, -0.2) is 4.39 Å². The van der Waals surface area contributed by atoms with E-state index >= 15 is 0 Å². The second-order valence-electron chi connectivity index (χ2n) is 4.80. The zero-order chi connectivity index (χ0) is 13.2. The molecule has 3 nitrogen and oxygen atoms in total. The molecule has 1 aromatic rings. The molecule has 1 unspecified atom stereocenters. The summed E-state index contributed by atoms with van der Waals surface area (Å²) in [5, 5.41) is 6.07. The van der Waals surface area contributed by atoms with E-state index < -0.39 is 5.54 Å². The number of halogens is 3.